The highest BCUT2D eigenvalue weighted by molar-refractivity contribution is 5.77. The van der Waals surface area contributed by atoms with E-state index in [0.717, 1.165) is 22.6 Å². The molecule has 1 aliphatic carbocycles. The van der Waals surface area contributed by atoms with E-state index in [9.17, 15) is 0 Å². The molecular weight excluding hydrogens is 224 g/mol. The number of aromatic nitrogens is 3. The number of nitrogens with zero attached hydrogens (tertiary/aromatic N) is 3. The fourth-order valence-electron chi connectivity index (χ4n) is 3.12. The van der Waals surface area contributed by atoms with E-state index in [2.05, 4.69) is 28.4 Å². The minimum Gasteiger partial charge on any atom is -0.369 e. The normalized spacial score (nSPS) is 24.6. The van der Waals surface area contributed by atoms with E-state index in [-0.39, 0.29) is 0 Å². The Labute approximate surface area is 107 Å². The average molecular weight is 244 g/mol. The van der Waals surface area contributed by atoms with Crippen LogP contribution >= 0.6 is 0 Å². The van der Waals surface area contributed by atoms with Gasteiger partial charge in [0.25, 0.3) is 0 Å². The molecule has 1 saturated carbocycles. The van der Waals surface area contributed by atoms with Crippen molar-refractivity contribution in [1.29, 1.82) is 0 Å². The summed E-state index contributed by atoms with van der Waals surface area (Å²) in [5.74, 6) is 1.39. The molecule has 0 saturated heterocycles. The van der Waals surface area contributed by atoms with Crippen molar-refractivity contribution in [3.8, 4) is 0 Å². The van der Waals surface area contributed by atoms with E-state index in [1.165, 1.54) is 25.7 Å². The number of hydrogen-bond donors (Lipinski definition) is 1. The number of nitrogen functional groups attached to an aromatic ring is 1. The molecule has 2 atom stereocenters. The van der Waals surface area contributed by atoms with Crippen LogP contribution in [-0.2, 0) is 0 Å². The molecule has 3 rings (SSSR count). The number of imidazole rings is 1. The molecule has 0 bridgehead atoms. The Bertz CT molecular complexity index is 572. The number of aryl methyl sites for hydroxylation is 1. The van der Waals surface area contributed by atoms with Crippen LogP contribution in [0.15, 0.2) is 12.3 Å². The topological polar surface area (TPSA) is 56.7 Å². The van der Waals surface area contributed by atoms with Crippen LogP contribution in [-0.4, -0.2) is 14.5 Å². The van der Waals surface area contributed by atoms with Crippen LogP contribution in [0.4, 0.5) is 5.95 Å². The highest BCUT2D eigenvalue weighted by atomic mass is 15.2. The number of pyridine rings is 1. The third-order valence-electron chi connectivity index (χ3n) is 4.08. The highest BCUT2D eigenvalue weighted by Crippen LogP contribution is 2.35. The molecule has 4 nitrogen and oxygen atoms in total. The molecule has 18 heavy (non-hydrogen) atoms. The Morgan fingerprint density at radius 2 is 2.22 bits per heavy atom. The van der Waals surface area contributed by atoms with Crippen LogP contribution in [0.1, 0.15) is 44.2 Å². The number of fused-ring (bicyclic) bond motifs is 1. The molecule has 1 aliphatic rings. The summed E-state index contributed by atoms with van der Waals surface area (Å²) in [6.45, 7) is 4.38. The summed E-state index contributed by atoms with van der Waals surface area (Å²) in [5.41, 5.74) is 9.16. The van der Waals surface area contributed by atoms with Crippen molar-refractivity contribution in [2.45, 2.75) is 45.6 Å². The molecule has 96 valence electrons. The number of anilines is 1. The van der Waals surface area contributed by atoms with Gasteiger partial charge in [0.1, 0.15) is 5.52 Å². The maximum absolute atomic E-state index is 6.11. The zero-order valence-electron chi connectivity index (χ0n) is 11.1. The summed E-state index contributed by atoms with van der Waals surface area (Å²) in [6.07, 6.45) is 6.83. The van der Waals surface area contributed by atoms with Crippen LogP contribution in [0.25, 0.3) is 11.2 Å². The third-order valence-corrected chi connectivity index (χ3v) is 4.08. The highest BCUT2D eigenvalue weighted by Gasteiger charge is 2.24. The van der Waals surface area contributed by atoms with Gasteiger partial charge in [0.15, 0.2) is 5.65 Å². The van der Waals surface area contributed by atoms with Crippen LogP contribution in [0.3, 0.4) is 0 Å². The molecule has 2 aromatic rings. The number of nitrogens with two attached hydrogens (primary N) is 1. The lowest BCUT2D eigenvalue weighted by Gasteiger charge is -2.28. The molecule has 0 spiro atoms. The van der Waals surface area contributed by atoms with Crippen LogP contribution in [0.5, 0.6) is 0 Å². The molecule has 2 N–H and O–H groups in total. The number of rotatable bonds is 1. The van der Waals surface area contributed by atoms with Gasteiger partial charge in [0, 0.05) is 12.2 Å². The molecular formula is C14H20N4. The van der Waals surface area contributed by atoms with Gasteiger partial charge in [0.05, 0.1) is 0 Å². The van der Waals surface area contributed by atoms with Gasteiger partial charge in [-0.15, -0.1) is 0 Å². The van der Waals surface area contributed by atoms with Gasteiger partial charge < -0.3 is 5.73 Å². The summed E-state index contributed by atoms with van der Waals surface area (Å²) >= 11 is 0. The molecule has 2 heterocycles. The minimum absolute atomic E-state index is 0.466. The number of hydrogen-bond acceptors (Lipinski definition) is 3. The fourth-order valence-corrected chi connectivity index (χ4v) is 3.12. The van der Waals surface area contributed by atoms with Gasteiger partial charge in [-0.2, -0.15) is 0 Å². The van der Waals surface area contributed by atoms with Gasteiger partial charge in [0.2, 0.25) is 5.95 Å². The van der Waals surface area contributed by atoms with Crippen molar-refractivity contribution in [3.63, 3.8) is 0 Å². The van der Waals surface area contributed by atoms with Gasteiger partial charge in [-0.05, 0) is 37.3 Å². The van der Waals surface area contributed by atoms with Crippen molar-refractivity contribution in [3.05, 3.63) is 17.8 Å². The van der Waals surface area contributed by atoms with E-state index in [0.29, 0.717) is 12.0 Å². The first-order chi connectivity index (χ1) is 8.66. The molecule has 2 aromatic heterocycles. The summed E-state index contributed by atoms with van der Waals surface area (Å²) in [5, 5.41) is 0. The molecule has 0 aliphatic heterocycles. The monoisotopic (exact) mass is 244 g/mol. The fraction of sp³-hybridized carbons (Fsp3) is 0.571. The standard InChI is InChI=1S/C14H20N4/c1-9-4-3-5-11(8-9)18-13-12(17-14(18)15)10(2)6-7-16-13/h6-7,9,11H,3-5,8H2,1-2H3,(H2,15,17). The zero-order valence-corrected chi connectivity index (χ0v) is 11.1. The maximum Gasteiger partial charge on any atom is 0.202 e. The lowest BCUT2D eigenvalue weighted by Crippen LogP contribution is -2.19. The SMILES string of the molecule is Cc1ccnc2c1nc(N)n2C1CCCC(C)C1. The molecule has 0 aromatic carbocycles. The van der Waals surface area contributed by atoms with Gasteiger partial charge in [-0.25, -0.2) is 9.97 Å². The quantitative estimate of drug-likeness (QED) is 0.838. The van der Waals surface area contributed by atoms with E-state index in [1.54, 1.807) is 0 Å². The Balaban J connectivity index is 2.10. The summed E-state index contributed by atoms with van der Waals surface area (Å²) in [7, 11) is 0. The zero-order chi connectivity index (χ0) is 12.7. The van der Waals surface area contributed by atoms with Crippen LogP contribution < -0.4 is 5.73 Å². The Morgan fingerprint density at radius 3 is 3.00 bits per heavy atom. The molecule has 1 fully saturated rings. The van der Waals surface area contributed by atoms with Crippen molar-refractivity contribution in [2.75, 3.05) is 5.73 Å². The van der Waals surface area contributed by atoms with Gasteiger partial charge in [-0.3, -0.25) is 4.57 Å². The predicted molar refractivity (Wildman–Crippen MR) is 73.3 cm³/mol. The summed E-state index contributed by atoms with van der Waals surface area (Å²) < 4.78 is 2.15. The predicted octanol–water partition coefficient (Wildman–Crippen LogP) is 3.07. The van der Waals surface area contributed by atoms with Crippen molar-refractivity contribution in [2.24, 2.45) is 5.92 Å². The third kappa shape index (κ3) is 1.76. The van der Waals surface area contributed by atoms with Gasteiger partial charge >= 0.3 is 0 Å². The summed E-state index contributed by atoms with van der Waals surface area (Å²) in [6, 6.07) is 2.45. The molecule has 0 radical (unpaired) electrons. The maximum atomic E-state index is 6.11. The van der Waals surface area contributed by atoms with E-state index < -0.39 is 0 Å². The van der Waals surface area contributed by atoms with Gasteiger partial charge in [-0.1, -0.05) is 19.8 Å². The van der Waals surface area contributed by atoms with Crippen LogP contribution in [0, 0.1) is 12.8 Å². The average Bonchev–Trinajstić information content (AvgIpc) is 2.67. The molecule has 0 amide bonds. The lowest BCUT2D eigenvalue weighted by atomic mass is 9.87. The largest absolute Gasteiger partial charge is 0.369 e. The lowest BCUT2D eigenvalue weighted by molar-refractivity contribution is 0.288. The smallest absolute Gasteiger partial charge is 0.202 e. The second-order valence-electron chi connectivity index (χ2n) is 5.57. The molecule has 2 unspecified atom stereocenters. The molecule has 4 heteroatoms. The van der Waals surface area contributed by atoms with Crippen molar-refractivity contribution in [1.82, 2.24) is 14.5 Å². The Morgan fingerprint density at radius 1 is 1.39 bits per heavy atom. The van der Waals surface area contributed by atoms with Crippen molar-refractivity contribution < 1.29 is 0 Å². The second-order valence-corrected chi connectivity index (χ2v) is 5.57. The Kier molecular flexibility index (Phi) is 2.73. The van der Waals surface area contributed by atoms with Crippen LogP contribution in [0.2, 0.25) is 0 Å². The minimum atomic E-state index is 0.466. The Hall–Kier alpha value is -1.58. The first kappa shape index (κ1) is 11.5. The van der Waals surface area contributed by atoms with E-state index >= 15 is 0 Å². The van der Waals surface area contributed by atoms with E-state index in [4.69, 9.17) is 5.73 Å². The first-order valence-electron chi connectivity index (χ1n) is 6.76. The second kappa shape index (κ2) is 4.26. The van der Waals surface area contributed by atoms with Crippen molar-refractivity contribution >= 4 is 17.1 Å². The summed E-state index contributed by atoms with van der Waals surface area (Å²) in [4.78, 5) is 8.97. The first-order valence-corrected chi connectivity index (χ1v) is 6.76. The van der Waals surface area contributed by atoms with E-state index in [1.807, 2.05) is 12.3 Å².